The zero-order valence-corrected chi connectivity index (χ0v) is 15.2. The molecule has 1 atom stereocenters. The van der Waals surface area contributed by atoms with Crippen molar-refractivity contribution in [3.63, 3.8) is 0 Å². The lowest BCUT2D eigenvalue weighted by molar-refractivity contribution is -0.126. The van der Waals surface area contributed by atoms with Crippen molar-refractivity contribution >= 4 is 16.9 Å². The zero-order valence-electron chi connectivity index (χ0n) is 15.2. The fraction of sp³-hybridized carbons (Fsp3) is 0.333. The van der Waals surface area contributed by atoms with Crippen molar-refractivity contribution in [3.05, 3.63) is 59.9 Å². The molecule has 2 aromatic carbocycles. The molecule has 2 heterocycles. The highest BCUT2D eigenvalue weighted by Crippen LogP contribution is 2.29. The number of carbonyl (C=O) groups excluding carboxylic acids is 1. The summed E-state index contributed by atoms with van der Waals surface area (Å²) in [5.41, 5.74) is 3.25. The first-order chi connectivity index (χ1) is 12.6. The maximum absolute atomic E-state index is 12.0. The van der Waals surface area contributed by atoms with Gasteiger partial charge in [-0.1, -0.05) is 24.3 Å². The Balaban J connectivity index is 1.58. The number of imidazole rings is 1. The third-order valence-electron chi connectivity index (χ3n) is 4.96. The predicted molar refractivity (Wildman–Crippen MR) is 101 cm³/mol. The summed E-state index contributed by atoms with van der Waals surface area (Å²) in [6, 6.07) is 16.2. The van der Waals surface area contributed by atoms with Crippen LogP contribution in [-0.2, 0) is 11.3 Å². The Labute approximate surface area is 153 Å². The molecule has 0 N–H and O–H groups in total. The van der Waals surface area contributed by atoms with Crippen LogP contribution in [0.5, 0.6) is 5.75 Å². The molecular formula is C21H23N3O2. The summed E-state index contributed by atoms with van der Waals surface area (Å²) >= 11 is 0. The number of carbonyl (C=O) groups is 1. The van der Waals surface area contributed by atoms with Crippen molar-refractivity contribution < 1.29 is 9.53 Å². The van der Waals surface area contributed by atoms with Gasteiger partial charge in [-0.3, -0.25) is 4.79 Å². The highest BCUT2D eigenvalue weighted by Gasteiger charge is 2.31. The second kappa shape index (κ2) is 6.83. The van der Waals surface area contributed by atoms with Gasteiger partial charge < -0.3 is 14.2 Å². The summed E-state index contributed by atoms with van der Waals surface area (Å²) in [4.78, 5) is 18.6. The summed E-state index contributed by atoms with van der Waals surface area (Å²) in [5, 5.41) is 0. The van der Waals surface area contributed by atoms with Crippen molar-refractivity contribution in [2.45, 2.75) is 25.8 Å². The van der Waals surface area contributed by atoms with Crippen LogP contribution in [-0.4, -0.2) is 40.6 Å². The summed E-state index contributed by atoms with van der Waals surface area (Å²) in [7, 11) is 1.86. The molecule has 134 valence electrons. The Morgan fingerprint density at radius 1 is 1.19 bits per heavy atom. The van der Waals surface area contributed by atoms with Crippen LogP contribution in [0.3, 0.4) is 0 Å². The van der Waals surface area contributed by atoms with Gasteiger partial charge in [0.2, 0.25) is 5.91 Å². The van der Waals surface area contributed by atoms with Gasteiger partial charge in [-0.25, -0.2) is 4.98 Å². The first-order valence-corrected chi connectivity index (χ1v) is 9.00. The number of nitrogens with zero attached hydrogens (tertiary/aromatic N) is 3. The highest BCUT2D eigenvalue weighted by atomic mass is 16.5. The molecule has 1 amide bonds. The quantitative estimate of drug-likeness (QED) is 0.709. The number of rotatable bonds is 5. The van der Waals surface area contributed by atoms with E-state index in [1.165, 1.54) is 5.56 Å². The molecule has 1 aliphatic heterocycles. The molecular weight excluding hydrogens is 326 g/mol. The summed E-state index contributed by atoms with van der Waals surface area (Å²) < 4.78 is 8.15. The molecule has 4 rings (SSSR count). The number of aryl methyl sites for hydroxylation is 1. The lowest BCUT2D eigenvalue weighted by Gasteiger charge is -2.14. The molecule has 1 aromatic heterocycles. The Bertz CT molecular complexity index is 947. The van der Waals surface area contributed by atoms with Crippen LogP contribution in [0.4, 0.5) is 0 Å². The number of benzene rings is 2. The van der Waals surface area contributed by atoms with Crippen LogP contribution < -0.4 is 4.74 Å². The topological polar surface area (TPSA) is 47.4 Å². The van der Waals surface area contributed by atoms with E-state index in [4.69, 9.17) is 9.72 Å². The van der Waals surface area contributed by atoms with E-state index in [-0.39, 0.29) is 11.8 Å². The van der Waals surface area contributed by atoms with Gasteiger partial charge in [0, 0.05) is 25.9 Å². The Hall–Kier alpha value is -2.82. The van der Waals surface area contributed by atoms with Gasteiger partial charge in [0.25, 0.3) is 0 Å². The van der Waals surface area contributed by atoms with Gasteiger partial charge in [0.15, 0.2) is 0 Å². The molecule has 0 radical (unpaired) electrons. The number of ether oxygens (including phenoxy) is 1. The van der Waals surface area contributed by atoms with Gasteiger partial charge >= 0.3 is 0 Å². The molecule has 0 saturated carbocycles. The lowest BCUT2D eigenvalue weighted by Crippen LogP contribution is -2.19. The Kier molecular flexibility index (Phi) is 4.37. The first-order valence-electron chi connectivity index (χ1n) is 9.00. The van der Waals surface area contributed by atoms with Gasteiger partial charge in [-0.05, 0) is 36.8 Å². The van der Waals surface area contributed by atoms with Crippen molar-refractivity contribution in [1.29, 1.82) is 0 Å². The van der Waals surface area contributed by atoms with E-state index < -0.39 is 0 Å². The fourth-order valence-electron chi connectivity index (χ4n) is 3.64. The molecule has 0 spiro atoms. The molecule has 1 fully saturated rings. The summed E-state index contributed by atoms with van der Waals surface area (Å²) in [6.45, 7) is 4.05. The predicted octanol–water partition coefficient (Wildman–Crippen LogP) is 3.37. The minimum absolute atomic E-state index is 0.138. The normalized spacial score (nSPS) is 17.2. The van der Waals surface area contributed by atoms with Gasteiger partial charge in [0.1, 0.15) is 18.2 Å². The molecule has 0 bridgehead atoms. The molecule has 1 saturated heterocycles. The standard InChI is InChI=1S/C21H23N3O2/c1-15-6-5-7-17(12-15)26-11-10-24-19-9-4-3-8-18(19)22-21(24)16-13-20(25)23(2)14-16/h3-9,12,16H,10-11,13-14H2,1-2H3. The van der Waals surface area contributed by atoms with Crippen LogP contribution in [0.1, 0.15) is 23.7 Å². The average molecular weight is 349 g/mol. The van der Waals surface area contributed by atoms with Gasteiger partial charge in [-0.2, -0.15) is 0 Å². The average Bonchev–Trinajstić information content (AvgIpc) is 3.16. The van der Waals surface area contributed by atoms with Gasteiger partial charge in [-0.15, -0.1) is 0 Å². The van der Waals surface area contributed by atoms with Gasteiger partial charge in [0.05, 0.1) is 17.6 Å². The maximum atomic E-state index is 12.0. The second-order valence-corrected chi connectivity index (χ2v) is 6.95. The fourth-order valence-corrected chi connectivity index (χ4v) is 3.64. The summed E-state index contributed by atoms with van der Waals surface area (Å²) in [6.07, 6.45) is 0.526. The summed E-state index contributed by atoms with van der Waals surface area (Å²) in [5.74, 6) is 2.19. The molecule has 1 aliphatic rings. The van der Waals surface area contributed by atoms with E-state index in [9.17, 15) is 4.79 Å². The molecule has 1 unspecified atom stereocenters. The Morgan fingerprint density at radius 2 is 2.04 bits per heavy atom. The molecule has 26 heavy (non-hydrogen) atoms. The number of likely N-dealkylation sites (N-methyl/N-ethyl adjacent to an activating group) is 1. The second-order valence-electron chi connectivity index (χ2n) is 6.95. The largest absolute Gasteiger partial charge is 0.492 e. The molecule has 3 aromatic rings. The third-order valence-corrected chi connectivity index (χ3v) is 4.96. The maximum Gasteiger partial charge on any atom is 0.223 e. The van der Waals surface area contributed by atoms with Crippen molar-refractivity contribution in [2.75, 3.05) is 20.2 Å². The number of aromatic nitrogens is 2. The SMILES string of the molecule is Cc1cccc(OCCn2c(C3CC(=O)N(C)C3)nc3ccccc32)c1. The first kappa shape index (κ1) is 16.6. The molecule has 5 heteroatoms. The smallest absolute Gasteiger partial charge is 0.223 e. The van der Waals surface area contributed by atoms with E-state index in [0.29, 0.717) is 19.6 Å². The molecule has 0 aliphatic carbocycles. The van der Waals surface area contributed by atoms with Crippen molar-refractivity contribution in [3.8, 4) is 5.75 Å². The number of likely N-dealkylation sites (tertiary alicyclic amines) is 1. The lowest BCUT2D eigenvalue weighted by atomic mass is 10.1. The number of hydrogen-bond donors (Lipinski definition) is 0. The van der Waals surface area contributed by atoms with Crippen molar-refractivity contribution in [2.24, 2.45) is 0 Å². The van der Waals surface area contributed by atoms with Crippen LogP contribution in [0.15, 0.2) is 48.5 Å². The van der Waals surface area contributed by atoms with E-state index in [0.717, 1.165) is 29.2 Å². The van der Waals surface area contributed by atoms with E-state index in [1.807, 2.05) is 43.4 Å². The zero-order chi connectivity index (χ0) is 18.1. The number of hydrogen-bond acceptors (Lipinski definition) is 3. The number of fused-ring (bicyclic) bond motifs is 1. The number of amides is 1. The minimum atomic E-state index is 0.138. The van der Waals surface area contributed by atoms with Crippen LogP contribution >= 0.6 is 0 Å². The minimum Gasteiger partial charge on any atom is -0.492 e. The highest BCUT2D eigenvalue weighted by molar-refractivity contribution is 5.80. The van der Waals surface area contributed by atoms with E-state index >= 15 is 0 Å². The molecule has 5 nitrogen and oxygen atoms in total. The van der Waals surface area contributed by atoms with Crippen LogP contribution in [0.2, 0.25) is 0 Å². The van der Waals surface area contributed by atoms with E-state index in [2.05, 4.69) is 23.6 Å². The number of para-hydroxylation sites is 2. The Morgan fingerprint density at radius 3 is 2.81 bits per heavy atom. The van der Waals surface area contributed by atoms with Crippen LogP contribution in [0, 0.1) is 6.92 Å². The van der Waals surface area contributed by atoms with Crippen LogP contribution in [0.25, 0.3) is 11.0 Å². The van der Waals surface area contributed by atoms with Crippen molar-refractivity contribution in [1.82, 2.24) is 14.5 Å². The van der Waals surface area contributed by atoms with E-state index in [1.54, 1.807) is 4.90 Å². The monoisotopic (exact) mass is 349 g/mol. The third kappa shape index (κ3) is 3.17.